The number of furan rings is 1. The molecule has 2 N–H and O–H groups in total. The highest BCUT2D eigenvalue weighted by molar-refractivity contribution is 7.89. The van der Waals surface area contributed by atoms with Crippen LogP contribution in [-0.2, 0) is 16.4 Å². The molecule has 0 unspecified atom stereocenters. The Bertz CT molecular complexity index is 1270. The van der Waals surface area contributed by atoms with E-state index in [4.69, 9.17) is 9.52 Å². The van der Waals surface area contributed by atoms with Crippen molar-refractivity contribution in [3.63, 3.8) is 0 Å². The van der Waals surface area contributed by atoms with Gasteiger partial charge in [-0.25, -0.2) is 17.9 Å². The topological polar surface area (TPSA) is 115 Å². The van der Waals surface area contributed by atoms with Gasteiger partial charge in [0.1, 0.15) is 5.58 Å². The van der Waals surface area contributed by atoms with Crippen LogP contribution in [0.15, 0.2) is 45.7 Å². The molecule has 0 fully saturated rings. The van der Waals surface area contributed by atoms with Crippen LogP contribution >= 0.6 is 0 Å². The largest absolute Gasteiger partial charge is 0.586 e. The predicted octanol–water partition coefficient (Wildman–Crippen LogP) is 3.28. The number of benzene rings is 2. The minimum atomic E-state index is -3.95. The number of aromatic carboxylic acids is 1. The number of hydrogen-bond donors (Lipinski definition) is 2. The van der Waals surface area contributed by atoms with Crippen molar-refractivity contribution in [1.82, 2.24) is 4.72 Å². The molecule has 1 aliphatic heterocycles. The highest BCUT2D eigenvalue weighted by atomic mass is 32.2. The maximum absolute atomic E-state index is 13.3. The van der Waals surface area contributed by atoms with E-state index in [0.717, 1.165) is 0 Å². The number of fused-ring (bicyclic) bond motifs is 2. The van der Waals surface area contributed by atoms with Gasteiger partial charge in [0.05, 0.1) is 4.90 Å². The quantitative estimate of drug-likeness (QED) is 0.606. The van der Waals surface area contributed by atoms with Gasteiger partial charge in [0.2, 0.25) is 15.8 Å². The second kappa shape index (κ2) is 6.96. The number of carboxylic acids is 1. The second-order valence-corrected chi connectivity index (χ2v) is 8.35. The molecule has 158 valence electrons. The maximum atomic E-state index is 13.3. The molecule has 0 saturated heterocycles. The zero-order valence-corrected chi connectivity index (χ0v) is 16.3. The van der Waals surface area contributed by atoms with Crippen LogP contribution in [-0.4, -0.2) is 32.3 Å². The van der Waals surface area contributed by atoms with Crippen LogP contribution in [0.25, 0.3) is 11.0 Å². The van der Waals surface area contributed by atoms with E-state index in [1.165, 1.54) is 43.3 Å². The SMILES string of the molecule is Cc1c(C(=O)O)oc2ccc(S(=O)(=O)NCCc3cccc4c3OC(F)(F)O4)cc12. The van der Waals surface area contributed by atoms with Gasteiger partial charge in [0, 0.05) is 17.5 Å². The highest BCUT2D eigenvalue weighted by Crippen LogP contribution is 2.43. The molecule has 1 aliphatic rings. The fourth-order valence-electron chi connectivity index (χ4n) is 3.20. The lowest BCUT2D eigenvalue weighted by Crippen LogP contribution is -2.27. The summed E-state index contributed by atoms with van der Waals surface area (Å²) in [5.74, 6) is -1.75. The van der Waals surface area contributed by atoms with Gasteiger partial charge >= 0.3 is 12.3 Å². The van der Waals surface area contributed by atoms with E-state index in [1.807, 2.05) is 0 Å². The van der Waals surface area contributed by atoms with E-state index < -0.39 is 22.3 Å². The number of para-hydroxylation sites is 1. The first kappa shape index (κ1) is 20.1. The standard InChI is InChI=1S/C19H15F2NO7S/c1-10-13-9-12(5-6-14(13)27-16(10)18(23)24)30(25,26)22-8-7-11-3-2-4-15-17(11)29-19(20,21)28-15/h2-6,9,22H,7-8H2,1H3,(H,23,24). The van der Waals surface area contributed by atoms with Gasteiger partial charge in [0.15, 0.2) is 11.5 Å². The molecule has 2 aromatic carbocycles. The molecule has 11 heteroatoms. The summed E-state index contributed by atoms with van der Waals surface area (Å²) in [6, 6.07) is 8.35. The molecule has 0 aliphatic carbocycles. The van der Waals surface area contributed by atoms with Crippen LogP contribution in [0.5, 0.6) is 11.5 Å². The summed E-state index contributed by atoms with van der Waals surface area (Å²) in [5.41, 5.74) is 0.925. The minimum absolute atomic E-state index is 0.0813. The van der Waals surface area contributed by atoms with Crippen molar-refractivity contribution >= 4 is 27.0 Å². The van der Waals surface area contributed by atoms with Gasteiger partial charge in [-0.3, -0.25) is 0 Å². The molecular weight excluding hydrogens is 424 g/mol. The number of hydrogen-bond acceptors (Lipinski definition) is 6. The van der Waals surface area contributed by atoms with Gasteiger partial charge in [-0.2, -0.15) is 0 Å². The number of carboxylic acid groups (broad SMARTS) is 1. The van der Waals surface area contributed by atoms with Crippen molar-refractivity contribution in [3.05, 3.63) is 53.3 Å². The average molecular weight is 439 g/mol. The molecule has 8 nitrogen and oxygen atoms in total. The number of alkyl halides is 2. The smallest absolute Gasteiger partial charge is 0.475 e. The Hall–Kier alpha value is -3.18. The number of ether oxygens (including phenoxy) is 2. The fraction of sp³-hybridized carbons (Fsp3) is 0.211. The number of carbonyl (C=O) groups is 1. The Kier molecular flexibility index (Phi) is 4.66. The van der Waals surface area contributed by atoms with Crippen molar-refractivity contribution in [2.45, 2.75) is 24.5 Å². The summed E-state index contributed by atoms with van der Waals surface area (Å²) >= 11 is 0. The summed E-state index contributed by atoms with van der Waals surface area (Å²) in [6.07, 6.45) is -3.68. The van der Waals surface area contributed by atoms with Crippen molar-refractivity contribution in [2.75, 3.05) is 6.54 Å². The maximum Gasteiger partial charge on any atom is 0.586 e. The van der Waals surface area contributed by atoms with Crippen LogP contribution in [0.4, 0.5) is 8.78 Å². The van der Waals surface area contributed by atoms with Crippen molar-refractivity contribution < 1.29 is 41.0 Å². The van der Waals surface area contributed by atoms with E-state index in [2.05, 4.69) is 14.2 Å². The fourth-order valence-corrected chi connectivity index (χ4v) is 4.25. The van der Waals surface area contributed by atoms with Crippen LogP contribution < -0.4 is 14.2 Å². The lowest BCUT2D eigenvalue weighted by Gasteiger charge is -2.09. The summed E-state index contributed by atoms with van der Waals surface area (Å²) < 4.78 is 68.2. The summed E-state index contributed by atoms with van der Waals surface area (Å²) in [7, 11) is -3.95. The zero-order chi connectivity index (χ0) is 21.7. The first-order chi connectivity index (χ1) is 14.1. The molecule has 0 saturated carbocycles. The van der Waals surface area contributed by atoms with Crippen molar-refractivity contribution in [1.29, 1.82) is 0 Å². The molecular formula is C19H15F2NO7S. The number of rotatable bonds is 6. The Morgan fingerprint density at radius 3 is 2.70 bits per heavy atom. The molecule has 4 rings (SSSR count). The molecule has 3 aromatic rings. The van der Waals surface area contributed by atoms with Gasteiger partial charge in [0.25, 0.3) is 0 Å². The van der Waals surface area contributed by atoms with E-state index in [0.29, 0.717) is 16.5 Å². The third-order valence-corrected chi connectivity index (χ3v) is 6.07. The summed E-state index contributed by atoms with van der Waals surface area (Å²) in [5, 5.41) is 9.49. The van der Waals surface area contributed by atoms with Crippen LogP contribution in [0.1, 0.15) is 21.7 Å². The normalized spacial score (nSPS) is 14.9. The van der Waals surface area contributed by atoms with E-state index >= 15 is 0 Å². The van der Waals surface area contributed by atoms with E-state index in [-0.39, 0.29) is 40.7 Å². The van der Waals surface area contributed by atoms with E-state index in [1.54, 1.807) is 0 Å². The van der Waals surface area contributed by atoms with Gasteiger partial charge < -0.3 is 19.0 Å². The van der Waals surface area contributed by atoms with Crippen molar-refractivity contribution in [2.24, 2.45) is 0 Å². The number of sulfonamides is 1. The van der Waals surface area contributed by atoms with Crippen LogP contribution in [0.3, 0.4) is 0 Å². The third-order valence-electron chi connectivity index (χ3n) is 4.61. The van der Waals surface area contributed by atoms with Gasteiger partial charge in [-0.15, -0.1) is 8.78 Å². The Morgan fingerprint density at radius 2 is 1.97 bits per heavy atom. The lowest BCUT2D eigenvalue weighted by molar-refractivity contribution is -0.286. The predicted molar refractivity (Wildman–Crippen MR) is 99.4 cm³/mol. The molecule has 1 aromatic heterocycles. The Balaban J connectivity index is 1.52. The van der Waals surface area contributed by atoms with Gasteiger partial charge in [-0.1, -0.05) is 12.1 Å². The molecule has 0 atom stereocenters. The first-order valence-corrected chi connectivity index (χ1v) is 10.2. The van der Waals surface area contributed by atoms with Crippen molar-refractivity contribution in [3.8, 4) is 11.5 Å². The molecule has 2 heterocycles. The van der Waals surface area contributed by atoms with Gasteiger partial charge in [-0.05, 0) is 43.2 Å². The molecule has 0 bridgehead atoms. The molecule has 30 heavy (non-hydrogen) atoms. The average Bonchev–Trinajstić information content (AvgIpc) is 3.17. The zero-order valence-electron chi connectivity index (χ0n) is 15.4. The molecule has 0 amide bonds. The number of halogens is 2. The monoisotopic (exact) mass is 439 g/mol. The minimum Gasteiger partial charge on any atom is -0.475 e. The Labute approximate surface area is 169 Å². The lowest BCUT2D eigenvalue weighted by atomic mass is 10.1. The third kappa shape index (κ3) is 3.57. The summed E-state index contributed by atoms with van der Waals surface area (Å²) in [4.78, 5) is 11.1. The van der Waals surface area contributed by atoms with Crippen LogP contribution in [0, 0.1) is 6.92 Å². The number of nitrogens with one attached hydrogen (secondary N) is 1. The highest BCUT2D eigenvalue weighted by Gasteiger charge is 2.44. The van der Waals surface area contributed by atoms with Crippen LogP contribution in [0.2, 0.25) is 0 Å². The van der Waals surface area contributed by atoms with E-state index in [9.17, 15) is 22.0 Å². The second-order valence-electron chi connectivity index (χ2n) is 6.58. The number of aryl methyl sites for hydroxylation is 1. The molecule has 0 spiro atoms. The Morgan fingerprint density at radius 1 is 1.20 bits per heavy atom. The first-order valence-electron chi connectivity index (χ1n) is 8.71. The molecule has 0 radical (unpaired) electrons. The summed E-state index contributed by atoms with van der Waals surface area (Å²) in [6.45, 7) is 1.43.